The highest BCUT2D eigenvalue weighted by atomic mass is 35.5. The SMILES string of the molecule is C=C/C(=C\C(=C(/C)Cl)C(O)Nc1cccc(Nc2cncc(C3CC3)c2)c1C=N)CNC(=O)C(C)(C)C. The summed E-state index contributed by atoms with van der Waals surface area (Å²) < 4.78 is 0. The number of carbonyl (C=O) groups is 1. The molecule has 0 aliphatic heterocycles. The zero-order valence-corrected chi connectivity index (χ0v) is 22.6. The van der Waals surface area contributed by atoms with Gasteiger partial charge in [-0.3, -0.25) is 9.78 Å². The standard InChI is InChI=1S/C29H36ClN5O2/c1-6-19(15-33-28(37)29(3,4)5)12-23(18(2)30)27(36)35-26-9-7-8-25(24(26)14-31)34-22-13-21(16-32-17-22)20-10-11-20/h6-9,12-14,16-17,20,27,31,34-36H,1,10-11,15H2,2-5H3,(H,33,37)/b19-12+,23-18-,31-14?. The highest BCUT2D eigenvalue weighted by Crippen LogP contribution is 2.40. The quantitative estimate of drug-likeness (QED) is 0.137. The molecule has 0 bridgehead atoms. The molecule has 8 heteroatoms. The minimum absolute atomic E-state index is 0.0927. The molecule has 0 radical (unpaired) electrons. The highest BCUT2D eigenvalue weighted by molar-refractivity contribution is 6.29. The Morgan fingerprint density at radius 3 is 2.59 bits per heavy atom. The Labute approximate surface area is 224 Å². The maximum absolute atomic E-state index is 12.3. The first-order valence-corrected chi connectivity index (χ1v) is 12.7. The number of allylic oxidation sites excluding steroid dienone is 1. The number of carbonyl (C=O) groups excluding carboxylic acids is 1. The van der Waals surface area contributed by atoms with Crippen molar-refractivity contribution in [1.82, 2.24) is 10.3 Å². The van der Waals surface area contributed by atoms with E-state index < -0.39 is 11.6 Å². The summed E-state index contributed by atoms with van der Waals surface area (Å²) in [5.74, 6) is 0.490. The van der Waals surface area contributed by atoms with E-state index in [1.165, 1.54) is 24.6 Å². The van der Waals surface area contributed by atoms with Crippen LogP contribution in [0.15, 0.2) is 71.6 Å². The smallest absolute Gasteiger partial charge is 0.225 e. The van der Waals surface area contributed by atoms with Gasteiger partial charge in [0.1, 0.15) is 0 Å². The molecule has 196 valence electrons. The summed E-state index contributed by atoms with van der Waals surface area (Å²) in [5, 5.41) is 28.8. The predicted molar refractivity (Wildman–Crippen MR) is 153 cm³/mol. The fourth-order valence-corrected chi connectivity index (χ4v) is 3.86. The monoisotopic (exact) mass is 521 g/mol. The molecule has 1 heterocycles. The van der Waals surface area contributed by atoms with Gasteiger partial charge < -0.3 is 26.5 Å². The topological polar surface area (TPSA) is 110 Å². The van der Waals surface area contributed by atoms with Gasteiger partial charge in [0.2, 0.25) is 5.91 Å². The molecule has 2 aromatic rings. The van der Waals surface area contributed by atoms with Crippen LogP contribution in [0.25, 0.3) is 0 Å². The Morgan fingerprint density at radius 2 is 2.00 bits per heavy atom. The number of anilines is 3. The first-order valence-electron chi connectivity index (χ1n) is 12.3. The van der Waals surface area contributed by atoms with Crippen molar-refractivity contribution in [2.45, 2.75) is 52.7 Å². The van der Waals surface area contributed by atoms with E-state index in [0.717, 1.165) is 5.69 Å². The fourth-order valence-electron chi connectivity index (χ4n) is 3.70. The van der Waals surface area contributed by atoms with Crippen molar-refractivity contribution < 1.29 is 9.90 Å². The van der Waals surface area contributed by atoms with Crippen molar-refractivity contribution >= 4 is 40.8 Å². The summed E-state index contributed by atoms with van der Waals surface area (Å²) in [5.41, 5.74) is 4.50. The molecule has 1 aromatic carbocycles. The lowest BCUT2D eigenvalue weighted by molar-refractivity contribution is -0.128. The van der Waals surface area contributed by atoms with Crippen LogP contribution < -0.4 is 16.0 Å². The number of nitrogens with one attached hydrogen (secondary N) is 4. The number of hydrogen-bond acceptors (Lipinski definition) is 6. The van der Waals surface area contributed by atoms with Gasteiger partial charge in [0, 0.05) is 51.9 Å². The van der Waals surface area contributed by atoms with Gasteiger partial charge in [-0.15, -0.1) is 0 Å². The van der Waals surface area contributed by atoms with E-state index >= 15 is 0 Å². The molecule has 0 spiro atoms. The molecule has 1 aliphatic rings. The number of hydrogen-bond donors (Lipinski definition) is 5. The van der Waals surface area contributed by atoms with Gasteiger partial charge >= 0.3 is 0 Å². The second-order valence-corrected chi connectivity index (χ2v) is 10.8. The average Bonchev–Trinajstić information content (AvgIpc) is 3.69. The lowest BCUT2D eigenvalue weighted by atomic mass is 9.95. The third-order valence-electron chi connectivity index (χ3n) is 6.06. The largest absolute Gasteiger partial charge is 0.369 e. The normalized spacial score (nSPS) is 15.4. The van der Waals surface area contributed by atoms with Crippen LogP contribution in [0.1, 0.15) is 57.6 Å². The first-order chi connectivity index (χ1) is 17.5. The summed E-state index contributed by atoms with van der Waals surface area (Å²) >= 11 is 6.35. The van der Waals surface area contributed by atoms with Crippen LogP contribution in [0.4, 0.5) is 17.1 Å². The van der Waals surface area contributed by atoms with Crippen molar-refractivity contribution in [2.24, 2.45) is 5.41 Å². The van der Waals surface area contributed by atoms with Crippen molar-refractivity contribution in [2.75, 3.05) is 17.2 Å². The molecule has 3 rings (SSSR count). The molecular weight excluding hydrogens is 486 g/mol. The number of nitrogens with zero attached hydrogens (tertiary/aromatic N) is 1. The first kappa shape index (κ1) is 28.2. The zero-order valence-electron chi connectivity index (χ0n) is 21.9. The summed E-state index contributed by atoms with van der Waals surface area (Å²) in [7, 11) is 0. The number of rotatable bonds is 11. The van der Waals surface area contributed by atoms with Crippen LogP contribution in [-0.4, -0.2) is 35.0 Å². The number of aliphatic hydroxyl groups is 1. The second-order valence-electron chi connectivity index (χ2n) is 10.2. The lowest BCUT2D eigenvalue weighted by Crippen LogP contribution is -2.35. The van der Waals surface area contributed by atoms with Crippen LogP contribution in [0.2, 0.25) is 0 Å². The summed E-state index contributed by atoms with van der Waals surface area (Å²) in [6.45, 7) is 11.3. The van der Waals surface area contributed by atoms with Crippen LogP contribution in [0.3, 0.4) is 0 Å². The Morgan fingerprint density at radius 1 is 1.30 bits per heavy atom. The molecule has 1 fully saturated rings. The fraction of sp³-hybridized carbons (Fsp3) is 0.345. The third kappa shape index (κ3) is 7.78. The third-order valence-corrected chi connectivity index (χ3v) is 6.28. The molecular formula is C29H36ClN5O2. The molecule has 0 saturated heterocycles. The molecule has 1 unspecified atom stereocenters. The molecule has 1 amide bonds. The molecule has 37 heavy (non-hydrogen) atoms. The minimum atomic E-state index is -1.17. The Kier molecular flexibility index (Phi) is 9.29. The van der Waals surface area contributed by atoms with Gasteiger partial charge in [-0.2, -0.15) is 0 Å². The van der Waals surface area contributed by atoms with E-state index in [2.05, 4.69) is 33.6 Å². The number of amides is 1. The van der Waals surface area contributed by atoms with E-state index in [0.29, 0.717) is 39.0 Å². The second kappa shape index (κ2) is 12.2. The molecule has 7 nitrogen and oxygen atoms in total. The van der Waals surface area contributed by atoms with Gasteiger partial charge in [-0.1, -0.05) is 51.1 Å². The molecule has 1 saturated carbocycles. The van der Waals surface area contributed by atoms with E-state index in [4.69, 9.17) is 17.0 Å². The summed E-state index contributed by atoms with van der Waals surface area (Å²) in [6, 6.07) is 7.59. The Bertz CT molecular complexity index is 1220. The number of aliphatic hydroxyl groups excluding tert-OH is 1. The number of halogens is 1. The van der Waals surface area contributed by atoms with Crippen molar-refractivity contribution in [1.29, 1.82) is 5.41 Å². The molecule has 1 aliphatic carbocycles. The zero-order chi connectivity index (χ0) is 27.2. The molecule has 1 aromatic heterocycles. The van der Waals surface area contributed by atoms with Crippen LogP contribution >= 0.6 is 11.6 Å². The van der Waals surface area contributed by atoms with E-state index in [1.807, 2.05) is 39.1 Å². The highest BCUT2D eigenvalue weighted by Gasteiger charge is 2.24. The number of pyridine rings is 1. The molecule has 1 atom stereocenters. The van der Waals surface area contributed by atoms with Gasteiger partial charge in [-0.05, 0) is 61.1 Å². The summed E-state index contributed by atoms with van der Waals surface area (Å²) in [6.07, 6.45) is 9.43. The van der Waals surface area contributed by atoms with E-state index in [9.17, 15) is 9.90 Å². The van der Waals surface area contributed by atoms with Crippen molar-refractivity contribution in [3.63, 3.8) is 0 Å². The van der Waals surface area contributed by atoms with Gasteiger partial charge in [0.05, 0.1) is 11.9 Å². The van der Waals surface area contributed by atoms with Crippen LogP contribution in [0.5, 0.6) is 0 Å². The Hall–Kier alpha value is -3.42. The van der Waals surface area contributed by atoms with Gasteiger partial charge in [-0.25, -0.2) is 0 Å². The molecule has 5 N–H and O–H groups in total. The maximum Gasteiger partial charge on any atom is 0.225 e. The van der Waals surface area contributed by atoms with E-state index in [1.54, 1.807) is 31.3 Å². The van der Waals surface area contributed by atoms with Gasteiger partial charge in [0.15, 0.2) is 6.23 Å². The average molecular weight is 522 g/mol. The van der Waals surface area contributed by atoms with Crippen molar-refractivity contribution in [3.05, 3.63) is 82.7 Å². The minimum Gasteiger partial charge on any atom is -0.369 e. The van der Waals surface area contributed by atoms with E-state index in [-0.39, 0.29) is 12.5 Å². The van der Waals surface area contributed by atoms with Crippen LogP contribution in [-0.2, 0) is 4.79 Å². The predicted octanol–water partition coefficient (Wildman–Crippen LogP) is 6.22. The Balaban J connectivity index is 1.80. The summed E-state index contributed by atoms with van der Waals surface area (Å²) in [4.78, 5) is 16.6. The van der Waals surface area contributed by atoms with Crippen LogP contribution in [0, 0.1) is 10.8 Å². The maximum atomic E-state index is 12.3. The lowest BCUT2D eigenvalue weighted by Gasteiger charge is -2.21. The number of aromatic nitrogens is 1. The van der Waals surface area contributed by atoms with Gasteiger partial charge in [0.25, 0.3) is 0 Å². The number of benzene rings is 1. The van der Waals surface area contributed by atoms with Crippen molar-refractivity contribution in [3.8, 4) is 0 Å².